The lowest BCUT2D eigenvalue weighted by Crippen LogP contribution is -2.36. The zero-order chi connectivity index (χ0) is 14.8. The van der Waals surface area contributed by atoms with E-state index in [0.717, 1.165) is 6.42 Å². The van der Waals surface area contributed by atoms with Gasteiger partial charge in [0.2, 0.25) is 0 Å². The summed E-state index contributed by atoms with van der Waals surface area (Å²) in [4.78, 5) is 25.7. The summed E-state index contributed by atoms with van der Waals surface area (Å²) in [6.45, 7) is 0. The van der Waals surface area contributed by atoms with E-state index in [1.165, 1.54) is 4.57 Å². The molecule has 0 spiro atoms. The van der Waals surface area contributed by atoms with Gasteiger partial charge < -0.3 is 0 Å². The van der Waals surface area contributed by atoms with Crippen LogP contribution in [-0.2, 0) is 0 Å². The zero-order valence-corrected chi connectivity index (χ0v) is 11.9. The number of hydrogen-bond acceptors (Lipinski definition) is 2. The van der Waals surface area contributed by atoms with Gasteiger partial charge in [0.1, 0.15) is 0 Å². The maximum Gasteiger partial charge on any atom is 0.352 e. The minimum Gasteiger partial charge on any atom is -0.245 e. The van der Waals surface area contributed by atoms with Gasteiger partial charge in [-0.15, -0.1) is 0 Å². The standard InChI is InChI=1S/C17H15N3O2/c21-16-18(12-4-2-1-3-5-12)17(22)20-15-9-8-13(19(16)20)7-6-11-10-14(11)15/h1-9,11,13-15H,10H2/t11-,13+,14+,15-/m1/s1. The van der Waals surface area contributed by atoms with Crippen molar-refractivity contribution >= 4 is 0 Å². The van der Waals surface area contributed by atoms with Crippen LogP contribution in [0.25, 0.3) is 5.69 Å². The quantitative estimate of drug-likeness (QED) is 0.751. The first-order valence-electron chi connectivity index (χ1n) is 7.64. The molecule has 4 atom stereocenters. The summed E-state index contributed by atoms with van der Waals surface area (Å²) in [5, 5.41) is 0. The smallest absolute Gasteiger partial charge is 0.245 e. The van der Waals surface area contributed by atoms with Crippen molar-refractivity contribution in [3.05, 3.63) is 75.6 Å². The van der Waals surface area contributed by atoms with Gasteiger partial charge in [0, 0.05) is 0 Å². The van der Waals surface area contributed by atoms with Crippen LogP contribution in [0.4, 0.5) is 0 Å². The lowest BCUT2D eigenvalue weighted by molar-refractivity contribution is 0.339. The SMILES string of the molecule is O=c1n(-c2ccccc2)c(=O)n2n1[C@H]1C=C[C@@H]3C[C@@H]3[C@H]2C=C1. The van der Waals surface area contributed by atoms with Gasteiger partial charge in [-0.05, 0) is 30.4 Å². The second-order valence-corrected chi connectivity index (χ2v) is 6.24. The molecule has 2 aliphatic heterocycles. The molecule has 5 rings (SSSR count). The van der Waals surface area contributed by atoms with E-state index in [9.17, 15) is 9.59 Å². The van der Waals surface area contributed by atoms with E-state index in [4.69, 9.17) is 0 Å². The Morgan fingerprint density at radius 3 is 2.41 bits per heavy atom. The van der Waals surface area contributed by atoms with Crippen molar-refractivity contribution in [2.24, 2.45) is 11.8 Å². The summed E-state index contributed by atoms with van der Waals surface area (Å²) in [6, 6.07) is 8.97. The van der Waals surface area contributed by atoms with Crippen LogP contribution < -0.4 is 11.4 Å². The van der Waals surface area contributed by atoms with Crippen molar-refractivity contribution in [1.29, 1.82) is 0 Å². The molecule has 5 nitrogen and oxygen atoms in total. The van der Waals surface area contributed by atoms with Gasteiger partial charge in [-0.1, -0.05) is 42.5 Å². The van der Waals surface area contributed by atoms with Gasteiger partial charge in [-0.2, -0.15) is 0 Å². The Morgan fingerprint density at radius 2 is 1.59 bits per heavy atom. The van der Waals surface area contributed by atoms with Crippen molar-refractivity contribution in [1.82, 2.24) is 13.9 Å². The molecule has 0 radical (unpaired) electrons. The predicted molar refractivity (Wildman–Crippen MR) is 82.2 cm³/mol. The molecule has 2 aromatic rings. The van der Waals surface area contributed by atoms with Gasteiger partial charge in [0.15, 0.2) is 0 Å². The van der Waals surface area contributed by atoms with E-state index in [2.05, 4.69) is 12.2 Å². The minimum absolute atomic E-state index is 0.00337. The highest BCUT2D eigenvalue weighted by Gasteiger charge is 2.46. The van der Waals surface area contributed by atoms with Crippen molar-refractivity contribution in [3.8, 4) is 5.69 Å². The molecule has 0 unspecified atom stereocenters. The minimum atomic E-state index is -0.265. The first-order valence-corrected chi connectivity index (χ1v) is 7.64. The van der Waals surface area contributed by atoms with Gasteiger partial charge in [-0.3, -0.25) is 0 Å². The number of para-hydroxylation sites is 1. The highest BCUT2D eigenvalue weighted by Crippen LogP contribution is 2.50. The number of hydrogen-bond donors (Lipinski definition) is 0. The van der Waals surface area contributed by atoms with Crippen LogP contribution in [0.5, 0.6) is 0 Å². The maximum atomic E-state index is 12.9. The molecule has 1 aliphatic carbocycles. The Labute approximate surface area is 126 Å². The van der Waals surface area contributed by atoms with E-state index in [0.29, 0.717) is 17.5 Å². The fourth-order valence-electron chi connectivity index (χ4n) is 3.78. The average Bonchev–Trinajstić information content (AvgIpc) is 3.22. The largest absolute Gasteiger partial charge is 0.352 e. The molecular formula is C17H15N3O2. The van der Waals surface area contributed by atoms with E-state index < -0.39 is 0 Å². The molecule has 0 saturated heterocycles. The Kier molecular flexibility index (Phi) is 2.19. The van der Waals surface area contributed by atoms with Gasteiger partial charge >= 0.3 is 11.4 Å². The molecule has 110 valence electrons. The molecule has 0 N–H and O–H groups in total. The fourth-order valence-corrected chi connectivity index (χ4v) is 3.78. The first kappa shape index (κ1) is 12.0. The highest BCUT2D eigenvalue weighted by molar-refractivity contribution is 5.31. The number of rotatable bonds is 1. The first-order chi connectivity index (χ1) is 10.8. The lowest BCUT2D eigenvalue weighted by atomic mass is 10.0. The van der Waals surface area contributed by atoms with Crippen LogP contribution in [0.2, 0.25) is 0 Å². The molecule has 1 fully saturated rings. The molecule has 5 heteroatoms. The summed E-state index contributed by atoms with van der Waals surface area (Å²) in [5.41, 5.74) is 0.121. The molecule has 1 saturated carbocycles. The lowest BCUT2D eigenvalue weighted by Gasteiger charge is -2.27. The van der Waals surface area contributed by atoms with Crippen LogP contribution in [-0.4, -0.2) is 13.9 Å². The van der Waals surface area contributed by atoms with E-state index in [1.807, 2.05) is 30.4 Å². The van der Waals surface area contributed by atoms with E-state index in [-0.39, 0.29) is 23.5 Å². The second-order valence-electron chi connectivity index (χ2n) is 6.24. The van der Waals surface area contributed by atoms with Crippen molar-refractivity contribution in [3.63, 3.8) is 0 Å². The molecule has 3 heterocycles. The Balaban J connectivity index is 1.83. The molecule has 22 heavy (non-hydrogen) atoms. The van der Waals surface area contributed by atoms with Crippen molar-refractivity contribution < 1.29 is 0 Å². The van der Waals surface area contributed by atoms with Crippen LogP contribution in [0.3, 0.4) is 0 Å². The summed E-state index contributed by atoms with van der Waals surface area (Å²) < 4.78 is 4.54. The monoisotopic (exact) mass is 293 g/mol. The van der Waals surface area contributed by atoms with E-state index >= 15 is 0 Å². The predicted octanol–water partition coefficient (Wildman–Crippen LogP) is 1.66. The third kappa shape index (κ3) is 1.43. The maximum absolute atomic E-state index is 12.9. The van der Waals surface area contributed by atoms with Crippen molar-refractivity contribution in [2.75, 3.05) is 0 Å². The summed E-state index contributed by atoms with van der Waals surface area (Å²) in [6.07, 6.45) is 9.46. The second kappa shape index (κ2) is 4.00. The molecule has 3 aliphatic rings. The van der Waals surface area contributed by atoms with Crippen molar-refractivity contribution in [2.45, 2.75) is 18.5 Å². The summed E-state index contributed by atoms with van der Waals surface area (Å²) in [5.74, 6) is 0.983. The number of aromatic nitrogens is 3. The molecule has 2 bridgehead atoms. The van der Waals surface area contributed by atoms with Gasteiger partial charge in [-0.25, -0.2) is 23.5 Å². The topological polar surface area (TPSA) is 48.9 Å². The Bertz CT molecular complexity index is 929. The van der Waals surface area contributed by atoms with Crippen LogP contribution in [0, 0.1) is 11.8 Å². The summed E-state index contributed by atoms with van der Waals surface area (Å²) >= 11 is 0. The number of nitrogens with zero attached hydrogens (tertiary/aromatic N) is 3. The fraction of sp³-hybridized carbons (Fsp3) is 0.294. The van der Waals surface area contributed by atoms with Gasteiger partial charge in [0.25, 0.3) is 0 Å². The third-order valence-electron chi connectivity index (χ3n) is 4.98. The number of benzene rings is 1. The van der Waals surface area contributed by atoms with Crippen LogP contribution in [0.1, 0.15) is 18.5 Å². The third-order valence-corrected chi connectivity index (χ3v) is 4.98. The molecule has 0 amide bonds. The molecule has 1 aromatic heterocycles. The zero-order valence-electron chi connectivity index (χ0n) is 11.9. The average molecular weight is 293 g/mol. The molecule has 1 aromatic carbocycles. The van der Waals surface area contributed by atoms with E-state index in [1.54, 1.807) is 21.5 Å². The normalized spacial score (nSPS) is 30.5. The highest BCUT2D eigenvalue weighted by atomic mass is 16.2. The summed E-state index contributed by atoms with van der Waals surface area (Å²) in [7, 11) is 0. The number of fused-ring (bicyclic) bond motifs is 2. The van der Waals surface area contributed by atoms with Crippen LogP contribution >= 0.6 is 0 Å². The Hall–Kier alpha value is -2.56. The molecular weight excluding hydrogens is 278 g/mol. The number of allylic oxidation sites excluding steroid dienone is 4. The Morgan fingerprint density at radius 1 is 0.864 bits per heavy atom. The van der Waals surface area contributed by atoms with Crippen LogP contribution in [0.15, 0.2) is 64.2 Å². The van der Waals surface area contributed by atoms with Gasteiger partial charge in [0.05, 0.1) is 17.8 Å².